The van der Waals surface area contributed by atoms with Crippen molar-refractivity contribution in [3.05, 3.63) is 23.8 Å². The number of aromatic nitrogens is 2. The Bertz CT molecular complexity index is 457. The normalized spacial score (nSPS) is 10.8. The van der Waals surface area contributed by atoms with Crippen molar-refractivity contribution < 1.29 is 0 Å². The molecular formula is C11H15N3. The molecule has 0 spiro atoms. The molecule has 2 rings (SSSR count). The molecule has 14 heavy (non-hydrogen) atoms. The van der Waals surface area contributed by atoms with Crippen molar-refractivity contribution in [1.82, 2.24) is 9.55 Å². The molecular weight excluding hydrogens is 174 g/mol. The van der Waals surface area contributed by atoms with Crippen LogP contribution in [-0.2, 0) is 13.5 Å². The zero-order valence-corrected chi connectivity index (χ0v) is 8.83. The molecule has 0 saturated heterocycles. The number of hydrogen-bond donors (Lipinski definition) is 1. The maximum atomic E-state index is 4.55. The lowest BCUT2D eigenvalue weighted by Crippen LogP contribution is -1.97. The van der Waals surface area contributed by atoms with Crippen LogP contribution in [0.1, 0.15) is 12.5 Å². The first-order valence-electron chi connectivity index (χ1n) is 4.90. The standard InChI is InChI=1S/C11H15N3/c1-4-8-6-5-7-9-10(8)13-11(12-2)14(9)3/h5-7H,4H2,1-3H3,(H,12,13). The van der Waals surface area contributed by atoms with Crippen molar-refractivity contribution in [3.63, 3.8) is 0 Å². The number of rotatable bonds is 2. The van der Waals surface area contributed by atoms with Crippen molar-refractivity contribution in [2.45, 2.75) is 13.3 Å². The van der Waals surface area contributed by atoms with Gasteiger partial charge in [0.15, 0.2) is 0 Å². The zero-order chi connectivity index (χ0) is 10.1. The first-order chi connectivity index (χ1) is 6.77. The van der Waals surface area contributed by atoms with Crippen molar-refractivity contribution in [2.24, 2.45) is 7.05 Å². The smallest absolute Gasteiger partial charge is 0.203 e. The molecule has 0 bridgehead atoms. The van der Waals surface area contributed by atoms with Gasteiger partial charge in [-0.3, -0.25) is 0 Å². The van der Waals surface area contributed by atoms with E-state index in [4.69, 9.17) is 0 Å². The van der Waals surface area contributed by atoms with Crippen LogP contribution < -0.4 is 5.32 Å². The first kappa shape index (κ1) is 9.06. The minimum atomic E-state index is 0.918. The van der Waals surface area contributed by atoms with Gasteiger partial charge in [0, 0.05) is 14.1 Å². The Kier molecular flexibility index (Phi) is 2.15. The molecule has 74 valence electrons. The van der Waals surface area contributed by atoms with E-state index < -0.39 is 0 Å². The summed E-state index contributed by atoms with van der Waals surface area (Å²) in [6.07, 6.45) is 1.03. The van der Waals surface area contributed by atoms with Gasteiger partial charge in [-0.2, -0.15) is 0 Å². The SMILES string of the molecule is CCc1cccc2c1nc(NC)n2C. The summed E-state index contributed by atoms with van der Waals surface area (Å²) in [6.45, 7) is 2.16. The topological polar surface area (TPSA) is 29.9 Å². The Morgan fingerprint density at radius 1 is 1.43 bits per heavy atom. The minimum absolute atomic E-state index is 0.918. The van der Waals surface area contributed by atoms with Crippen LogP contribution in [0, 0.1) is 0 Å². The zero-order valence-electron chi connectivity index (χ0n) is 8.83. The molecule has 0 saturated carbocycles. The third kappa shape index (κ3) is 1.16. The molecule has 0 atom stereocenters. The predicted molar refractivity (Wildman–Crippen MR) is 59.6 cm³/mol. The third-order valence-electron chi connectivity index (χ3n) is 2.60. The molecule has 1 aromatic carbocycles. The quantitative estimate of drug-likeness (QED) is 0.784. The number of nitrogens with zero attached hydrogens (tertiary/aromatic N) is 2. The highest BCUT2D eigenvalue weighted by Gasteiger charge is 2.08. The van der Waals surface area contributed by atoms with E-state index in [1.54, 1.807) is 0 Å². The van der Waals surface area contributed by atoms with E-state index in [-0.39, 0.29) is 0 Å². The van der Waals surface area contributed by atoms with Crippen molar-refractivity contribution in [3.8, 4) is 0 Å². The maximum Gasteiger partial charge on any atom is 0.203 e. The van der Waals surface area contributed by atoms with Gasteiger partial charge in [0.2, 0.25) is 5.95 Å². The van der Waals surface area contributed by atoms with Gasteiger partial charge in [-0.05, 0) is 18.1 Å². The Labute approximate surface area is 83.8 Å². The van der Waals surface area contributed by atoms with Crippen LogP contribution in [0.15, 0.2) is 18.2 Å². The van der Waals surface area contributed by atoms with Crippen LogP contribution in [0.25, 0.3) is 11.0 Å². The second kappa shape index (κ2) is 3.33. The first-order valence-corrected chi connectivity index (χ1v) is 4.90. The summed E-state index contributed by atoms with van der Waals surface area (Å²) in [4.78, 5) is 4.55. The van der Waals surface area contributed by atoms with Crippen LogP contribution in [0.4, 0.5) is 5.95 Å². The predicted octanol–water partition coefficient (Wildman–Crippen LogP) is 2.18. The van der Waals surface area contributed by atoms with E-state index in [0.29, 0.717) is 0 Å². The van der Waals surface area contributed by atoms with Gasteiger partial charge >= 0.3 is 0 Å². The summed E-state index contributed by atoms with van der Waals surface area (Å²) in [5, 5.41) is 3.09. The highest BCUT2D eigenvalue weighted by atomic mass is 15.2. The number of fused-ring (bicyclic) bond motifs is 1. The van der Waals surface area contributed by atoms with Crippen LogP contribution in [-0.4, -0.2) is 16.6 Å². The number of benzene rings is 1. The lowest BCUT2D eigenvalue weighted by molar-refractivity contribution is 0.952. The number of para-hydroxylation sites is 1. The molecule has 0 aliphatic heterocycles. The monoisotopic (exact) mass is 189 g/mol. The van der Waals surface area contributed by atoms with E-state index in [9.17, 15) is 0 Å². The van der Waals surface area contributed by atoms with E-state index in [0.717, 1.165) is 17.9 Å². The number of nitrogens with one attached hydrogen (secondary N) is 1. The Hall–Kier alpha value is -1.51. The highest BCUT2D eigenvalue weighted by Crippen LogP contribution is 2.21. The van der Waals surface area contributed by atoms with Gasteiger partial charge in [0.1, 0.15) is 0 Å². The number of aryl methyl sites for hydroxylation is 2. The number of hydrogen-bond acceptors (Lipinski definition) is 2. The van der Waals surface area contributed by atoms with Gasteiger partial charge in [-0.15, -0.1) is 0 Å². The Morgan fingerprint density at radius 3 is 2.86 bits per heavy atom. The fourth-order valence-electron chi connectivity index (χ4n) is 1.78. The lowest BCUT2D eigenvalue weighted by Gasteiger charge is -1.99. The van der Waals surface area contributed by atoms with E-state index >= 15 is 0 Å². The molecule has 0 fully saturated rings. The molecule has 1 aromatic heterocycles. The highest BCUT2D eigenvalue weighted by molar-refractivity contribution is 5.81. The van der Waals surface area contributed by atoms with Gasteiger partial charge in [-0.1, -0.05) is 19.1 Å². The second-order valence-corrected chi connectivity index (χ2v) is 3.38. The molecule has 3 nitrogen and oxygen atoms in total. The summed E-state index contributed by atoms with van der Waals surface area (Å²) in [5.41, 5.74) is 3.61. The van der Waals surface area contributed by atoms with Gasteiger partial charge in [0.05, 0.1) is 11.0 Å². The molecule has 0 amide bonds. The van der Waals surface area contributed by atoms with Crippen molar-refractivity contribution in [1.29, 1.82) is 0 Å². The van der Waals surface area contributed by atoms with Crippen molar-refractivity contribution in [2.75, 3.05) is 12.4 Å². The van der Waals surface area contributed by atoms with E-state index in [2.05, 4.69) is 40.0 Å². The summed E-state index contributed by atoms with van der Waals surface area (Å²) >= 11 is 0. The minimum Gasteiger partial charge on any atom is -0.359 e. The maximum absolute atomic E-state index is 4.55. The number of anilines is 1. The second-order valence-electron chi connectivity index (χ2n) is 3.38. The van der Waals surface area contributed by atoms with E-state index in [1.165, 1.54) is 11.1 Å². The van der Waals surface area contributed by atoms with Crippen LogP contribution >= 0.6 is 0 Å². The molecule has 1 N–H and O–H groups in total. The molecule has 1 heterocycles. The average Bonchev–Trinajstić information content (AvgIpc) is 2.55. The van der Waals surface area contributed by atoms with E-state index in [1.807, 2.05) is 14.1 Å². The average molecular weight is 189 g/mol. The molecule has 0 aliphatic carbocycles. The van der Waals surface area contributed by atoms with Gasteiger partial charge < -0.3 is 9.88 Å². The lowest BCUT2D eigenvalue weighted by atomic mass is 10.1. The van der Waals surface area contributed by atoms with Crippen LogP contribution in [0.5, 0.6) is 0 Å². The summed E-state index contributed by atoms with van der Waals surface area (Å²) in [5.74, 6) is 0.918. The molecule has 3 heteroatoms. The fourth-order valence-corrected chi connectivity index (χ4v) is 1.78. The van der Waals surface area contributed by atoms with Gasteiger partial charge in [-0.25, -0.2) is 4.98 Å². The van der Waals surface area contributed by atoms with Crippen LogP contribution in [0.3, 0.4) is 0 Å². The van der Waals surface area contributed by atoms with Gasteiger partial charge in [0.25, 0.3) is 0 Å². The Balaban J connectivity index is 2.77. The molecule has 0 aliphatic rings. The molecule has 2 aromatic rings. The Morgan fingerprint density at radius 2 is 2.21 bits per heavy atom. The molecule has 0 radical (unpaired) electrons. The van der Waals surface area contributed by atoms with Crippen LogP contribution in [0.2, 0.25) is 0 Å². The largest absolute Gasteiger partial charge is 0.359 e. The summed E-state index contributed by atoms with van der Waals surface area (Å²) in [6, 6.07) is 6.32. The summed E-state index contributed by atoms with van der Waals surface area (Å²) in [7, 11) is 3.92. The van der Waals surface area contributed by atoms with Crippen molar-refractivity contribution >= 4 is 17.0 Å². The fraction of sp³-hybridized carbons (Fsp3) is 0.364. The molecule has 0 unspecified atom stereocenters. The number of imidazole rings is 1. The summed E-state index contributed by atoms with van der Waals surface area (Å²) < 4.78 is 2.08. The third-order valence-corrected chi connectivity index (χ3v) is 2.60.